The van der Waals surface area contributed by atoms with E-state index in [2.05, 4.69) is 5.32 Å². The topological polar surface area (TPSA) is 81.2 Å². The van der Waals surface area contributed by atoms with Gasteiger partial charge in [0.15, 0.2) is 0 Å². The fraction of sp³-hybridized carbons (Fsp3) is 0.500. The first-order valence-electron chi connectivity index (χ1n) is 5.99. The maximum Gasteiger partial charge on any atom is 0.418 e. The predicted molar refractivity (Wildman–Crippen MR) is 69.4 cm³/mol. The molecule has 20 heavy (non-hydrogen) atoms. The van der Waals surface area contributed by atoms with Gasteiger partial charge in [-0.3, -0.25) is 10.1 Å². The molecule has 0 aliphatic rings. The van der Waals surface area contributed by atoms with E-state index in [1.807, 2.05) is 13.8 Å². The highest BCUT2D eigenvalue weighted by Crippen LogP contribution is 2.37. The van der Waals surface area contributed by atoms with Gasteiger partial charge in [0.05, 0.1) is 10.5 Å². The smallest absolute Gasteiger partial charge is 0.380 e. The second-order valence-electron chi connectivity index (χ2n) is 4.72. The SMILES string of the molecule is CC(C)C(CN)Nc1ccc([N+](=O)[O-])cc1C(F)(F)F. The van der Waals surface area contributed by atoms with Crippen LogP contribution in [0.5, 0.6) is 0 Å². The molecule has 0 saturated heterocycles. The van der Waals surface area contributed by atoms with Crippen LogP contribution in [-0.4, -0.2) is 17.5 Å². The lowest BCUT2D eigenvalue weighted by atomic mass is 10.0. The molecule has 1 unspecified atom stereocenters. The number of nitro benzene ring substituents is 1. The summed E-state index contributed by atoms with van der Waals surface area (Å²) in [5.41, 5.74) is 3.64. The molecule has 0 bridgehead atoms. The Morgan fingerprint density at radius 1 is 1.40 bits per heavy atom. The molecule has 112 valence electrons. The van der Waals surface area contributed by atoms with Crippen molar-refractivity contribution in [2.45, 2.75) is 26.1 Å². The number of rotatable bonds is 5. The van der Waals surface area contributed by atoms with E-state index in [0.717, 1.165) is 12.1 Å². The summed E-state index contributed by atoms with van der Waals surface area (Å²) in [6.07, 6.45) is -4.68. The van der Waals surface area contributed by atoms with Gasteiger partial charge in [-0.1, -0.05) is 13.8 Å². The zero-order valence-corrected chi connectivity index (χ0v) is 11.1. The highest BCUT2D eigenvalue weighted by atomic mass is 19.4. The fourth-order valence-electron chi connectivity index (χ4n) is 1.70. The third-order valence-corrected chi connectivity index (χ3v) is 2.92. The summed E-state index contributed by atoms with van der Waals surface area (Å²) < 4.78 is 38.9. The van der Waals surface area contributed by atoms with Crippen molar-refractivity contribution in [2.24, 2.45) is 11.7 Å². The molecule has 1 aromatic rings. The lowest BCUT2D eigenvalue weighted by molar-refractivity contribution is -0.385. The van der Waals surface area contributed by atoms with Crippen LogP contribution in [0.15, 0.2) is 18.2 Å². The van der Waals surface area contributed by atoms with Crippen LogP contribution < -0.4 is 11.1 Å². The molecule has 0 aliphatic heterocycles. The Hall–Kier alpha value is -1.83. The van der Waals surface area contributed by atoms with Crippen molar-refractivity contribution in [3.8, 4) is 0 Å². The van der Waals surface area contributed by atoms with Crippen LogP contribution in [0.1, 0.15) is 19.4 Å². The number of non-ortho nitro benzene ring substituents is 1. The first kappa shape index (κ1) is 16.2. The van der Waals surface area contributed by atoms with Crippen molar-refractivity contribution in [3.05, 3.63) is 33.9 Å². The number of nitrogens with zero attached hydrogens (tertiary/aromatic N) is 1. The molecule has 0 amide bonds. The average molecular weight is 291 g/mol. The molecule has 0 heterocycles. The van der Waals surface area contributed by atoms with Crippen LogP contribution in [0.25, 0.3) is 0 Å². The van der Waals surface area contributed by atoms with Crippen molar-refractivity contribution < 1.29 is 18.1 Å². The van der Waals surface area contributed by atoms with Crippen LogP contribution in [0, 0.1) is 16.0 Å². The number of benzene rings is 1. The number of hydrogen-bond donors (Lipinski definition) is 2. The van der Waals surface area contributed by atoms with Crippen LogP contribution >= 0.6 is 0 Å². The Morgan fingerprint density at radius 2 is 2.00 bits per heavy atom. The van der Waals surface area contributed by atoms with Crippen molar-refractivity contribution in [2.75, 3.05) is 11.9 Å². The van der Waals surface area contributed by atoms with E-state index in [-0.39, 0.29) is 24.2 Å². The van der Waals surface area contributed by atoms with E-state index in [1.165, 1.54) is 0 Å². The maximum atomic E-state index is 13.0. The summed E-state index contributed by atoms with van der Waals surface area (Å²) in [7, 11) is 0. The number of nitro groups is 1. The number of nitrogens with two attached hydrogens (primary N) is 1. The maximum absolute atomic E-state index is 13.0. The molecule has 0 spiro atoms. The molecule has 0 radical (unpaired) electrons. The van der Waals surface area contributed by atoms with Gasteiger partial charge in [0.2, 0.25) is 0 Å². The standard InChI is InChI=1S/C12H16F3N3O2/c1-7(2)11(6-16)17-10-4-3-8(18(19)20)5-9(10)12(13,14)15/h3-5,7,11,17H,6,16H2,1-2H3. The van der Waals surface area contributed by atoms with E-state index in [9.17, 15) is 23.3 Å². The summed E-state index contributed by atoms with van der Waals surface area (Å²) in [5.74, 6) is 0.0243. The molecule has 1 rings (SSSR count). The molecule has 1 atom stereocenters. The van der Waals surface area contributed by atoms with Gasteiger partial charge in [0, 0.05) is 30.4 Å². The van der Waals surface area contributed by atoms with Gasteiger partial charge in [-0.15, -0.1) is 0 Å². The van der Waals surface area contributed by atoms with Gasteiger partial charge >= 0.3 is 6.18 Å². The minimum atomic E-state index is -4.68. The highest BCUT2D eigenvalue weighted by Gasteiger charge is 2.35. The van der Waals surface area contributed by atoms with Crippen LogP contribution in [-0.2, 0) is 6.18 Å². The predicted octanol–water partition coefficient (Wildman–Crippen LogP) is 3.01. The van der Waals surface area contributed by atoms with Crippen LogP contribution in [0.4, 0.5) is 24.5 Å². The van der Waals surface area contributed by atoms with Crippen molar-refractivity contribution in [3.63, 3.8) is 0 Å². The Morgan fingerprint density at radius 3 is 2.40 bits per heavy atom. The number of nitrogens with one attached hydrogen (secondary N) is 1. The van der Waals surface area contributed by atoms with Gasteiger partial charge in [0.1, 0.15) is 0 Å². The average Bonchev–Trinajstić information content (AvgIpc) is 2.34. The largest absolute Gasteiger partial charge is 0.418 e. The molecule has 0 fully saturated rings. The minimum absolute atomic E-state index is 0.0243. The third-order valence-electron chi connectivity index (χ3n) is 2.92. The number of hydrogen-bond acceptors (Lipinski definition) is 4. The number of halogens is 3. The Bertz CT molecular complexity index is 489. The molecule has 0 aromatic heterocycles. The van der Waals surface area contributed by atoms with Gasteiger partial charge in [-0.2, -0.15) is 13.2 Å². The molecule has 0 aliphatic carbocycles. The van der Waals surface area contributed by atoms with Gasteiger partial charge in [0.25, 0.3) is 5.69 Å². The van der Waals surface area contributed by atoms with Gasteiger partial charge < -0.3 is 11.1 Å². The quantitative estimate of drug-likeness (QED) is 0.645. The normalized spacial score (nSPS) is 13.3. The first-order valence-corrected chi connectivity index (χ1v) is 5.99. The number of alkyl halides is 3. The molecular formula is C12H16F3N3O2. The first-order chi connectivity index (χ1) is 9.16. The lowest BCUT2D eigenvalue weighted by Crippen LogP contribution is -2.34. The number of anilines is 1. The third kappa shape index (κ3) is 3.83. The zero-order valence-electron chi connectivity index (χ0n) is 11.1. The minimum Gasteiger partial charge on any atom is -0.380 e. The van der Waals surface area contributed by atoms with E-state index in [1.54, 1.807) is 0 Å². The van der Waals surface area contributed by atoms with E-state index >= 15 is 0 Å². The Kier molecular flexibility index (Phi) is 4.93. The molecule has 1 aromatic carbocycles. The molecule has 5 nitrogen and oxygen atoms in total. The second kappa shape index (κ2) is 6.08. The lowest BCUT2D eigenvalue weighted by Gasteiger charge is -2.24. The molecule has 3 N–H and O–H groups in total. The summed E-state index contributed by atoms with van der Waals surface area (Å²) in [6, 6.07) is 2.27. The van der Waals surface area contributed by atoms with Gasteiger partial charge in [-0.05, 0) is 12.0 Å². The van der Waals surface area contributed by atoms with Crippen LogP contribution in [0.2, 0.25) is 0 Å². The van der Waals surface area contributed by atoms with Gasteiger partial charge in [-0.25, -0.2) is 0 Å². The molecular weight excluding hydrogens is 275 g/mol. The van der Waals surface area contributed by atoms with Crippen LogP contribution in [0.3, 0.4) is 0 Å². The monoisotopic (exact) mass is 291 g/mol. The Balaban J connectivity index is 3.22. The summed E-state index contributed by atoms with van der Waals surface area (Å²) in [4.78, 5) is 9.72. The zero-order chi connectivity index (χ0) is 15.5. The summed E-state index contributed by atoms with van der Waals surface area (Å²) in [6.45, 7) is 3.80. The second-order valence-corrected chi connectivity index (χ2v) is 4.72. The van der Waals surface area contributed by atoms with Crippen molar-refractivity contribution in [1.82, 2.24) is 0 Å². The van der Waals surface area contributed by atoms with E-state index < -0.39 is 22.4 Å². The fourth-order valence-corrected chi connectivity index (χ4v) is 1.70. The summed E-state index contributed by atoms with van der Waals surface area (Å²) >= 11 is 0. The molecule has 8 heteroatoms. The molecule has 0 saturated carbocycles. The Labute approximate surface area is 114 Å². The van der Waals surface area contributed by atoms with Crippen molar-refractivity contribution >= 4 is 11.4 Å². The highest BCUT2D eigenvalue weighted by molar-refractivity contribution is 5.58. The van der Waals surface area contributed by atoms with Crippen molar-refractivity contribution in [1.29, 1.82) is 0 Å². The summed E-state index contributed by atoms with van der Waals surface area (Å²) in [5, 5.41) is 13.3. The van der Waals surface area contributed by atoms with E-state index in [4.69, 9.17) is 5.73 Å². The van der Waals surface area contributed by atoms with E-state index in [0.29, 0.717) is 6.07 Å².